The number of aliphatic hydroxyl groups is 1. The van der Waals surface area contributed by atoms with E-state index in [9.17, 15) is 23.1 Å². The molecule has 1 atom stereocenters. The van der Waals surface area contributed by atoms with Gasteiger partial charge in [-0.15, -0.1) is 0 Å². The highest BCUT2D eigenvalue weighted by atomic mass is 19.4. The van der Waals surface area contributed by atoms with Gasteiger partial charge in [0.1, 0.15) is 5.69 Å². The second-order valence-corrected chi connectivity index (χ2v) is 7.81. The first kappa shape index (κ1) is 24.0. The summed E-state index contributed by atoms with van der Waals surface area (Å²) in [5, 5.41) is 15.1. The number of para-hydroxylation sites is 1. The lowest BCUT2D eigenvalue weighted by molar-refractivity contribution is -0.136. The first-order valence-electron chi connectivity index (χ1n) is 10.7. The molecule has 4 rings (SSSR count). The van der Waals surface area contributed by atoms with Crippen molar-refractivity contribution in [1.82, 2.24) is 20.3 Å². The van der Waals surface area contributed by atoms with Gasteiger partial charge in [0.05, 0.1) is 29.6 Å². The molecule has 0 saturated carbocycles. The third-order valence-corrected chi connectivity index (χ3v) is 5.34. The van der Waals surface area contributed by atoms with Crippen LogP contribution in [0.15, 0.2) is 73.1 Å². The molecule has 2 heterocycles. The number of amides is 1. The zero-order chi connectivity index (χ0) is 25.0. The van der Waals surface area contributed by atoms with Gasteiger partial charge in [0.2, 0.25) is 5.95 Å². The Bertz CT molecular complexity index is 1320. The number of aryl methyl sites for hydroxylation is 1. The first-order chi connectivity index (χ1) is 16.8. The van der Waals surface area contributed by atoms with Crippen LogP contribution >= 0.6 is 0 Å². The number of benzene rings is 2. The highest BCUT2D eigenvalue weighted by Crippen LogP contribution is 2.35. The SMILES string of the molecule is Cc1cnc(Nc2ccccc2C(F)(F)F)nc1-c1c[nH]c(C(=O)NC(CO)c2ccccc2)c1. The number of rotatable bonds is 7. The maximum atomic E-state index is 13.3. The molecule has 2 aromatic heterocycles. The molecule has 35 heavy (non-hydrogen) atoms. The predicted octanol–water partition coefficient (Wildman–Crippen LogP) is 5.01. The van der Waals surface area contributed by atoms with Gasteiger partial charge in [0.15, 0.2) is 0 Å². The number of nitrogens with zero attached hydrogens (tertiary/aromatic N) is 2. The van der Waals surface area contributed by atoms with Crippen molar-refractivity contribution in [3.8, 4) is 11.3 Å². The Balaban J connectivity index is 1.56. The Hall–Kier alpha value is -4.18. The Morgan fingerprint density at radius 2 is 1.83 bits per heavy atom. The summed E-state index contributed by atoms with van der Waals surface area (Å²) >= 11 is 0. The number of alkyl halides is 3. The number of H-pyrrole nitrogens is 1. The lowest BCUT2D eigenvalue weighted by Crippen LogP contribution is -2.30. The summed E-state index contributed by atoms with van der Waals surface area (Å²) in [6, 6.07) is 15.1. The van der Waals surface area contributed by atoms with Crippen LogP contribution in [-0.2, 0) is 6.18 Å². The fourth-order valence-corrected chi connectivity index (χ4v) is 3.57. The summed E-state index contributed by atoms with van der Waals surface area (Å²) < 4.78 is 40.0. The third-order valence-electron chi connectivity index (χ3n) is 5.34. The number of hydrogen-bond acceptors (Lipinski definition) is 5. The number of carbonyl (C=O) groups excluding carboxylic acids is 1. The van der Waals surface area contributed by atoms with Gasteiger partial charge in [0, 0.05) is 18.0 Å². The summed E-state index contributed by atoms with van der Waals surface area (Å²) in [6.07, 6.45) is -1.47. The largest absolute Gasteiger partial charge is 0.418 e. The average Bonchev–Trinajstić information content (AvgIpc) is 3.34. The van der Waals surface area contributed by atoms with Crippen LogP contribution < -0.4 is 10.6 Å². The number of aliphatic hydroxyl groups excluding tert-OH is 1. The van der Waals surface area contributed by atoms with Crippen molar-refractivity contribution in [2.24, 2.45) is 0 Å². The van der Waals surface area contributed by atoms with Gasteiger partial charge in [-0.05, 0) is 36.2 Å². The van der Waals surface area contributed by atoms with Crippen LogP contribution in [-0.4, -0.2) is 32.6 Å². The summed E-state index contributed by atoms with van der Waals surface area (Å²) in [5.41, 5.74) is 1.68. The van der Waals surface area contributed by atoms with Gasteiger partial charge in [-0.25, -0.2) is 9.97 Å². The van der Waals surface area contributed by atoms with E-state index in [0.29, 0.717) is 16.8 Å². The molecule has 0 saturated heterocycles. The molecule has 0 bridgehead atoms. The van der Waals surface area contributed by atoms with E-state index in [1.54, 1.807) is 31.3 Å². The van der Waals surface area contributed by atoms with Crippen molar-refractivity contribution in [2.45, 2.75) is 19.1 Å². The van der Waals surface area contributed by atoms with Crippen LogP contribution in [0.5, 0.6) is 0 Å². The molecule has 2 aromatic carbocycles. The van der Waals surface area contributed by atoms with E-state index < -0.39 is 23.7 Å². The van der Waals surface area contributed by atoms with E-state index in [0.717, 1.165) is 11.6 Å². The average molecular weight is 481 g/mol. The van der Waals surface area contributed by atoms with Crippen molar-refractivity contribution in [2.75, 3.05) is 11.9 Å². The van der Waals surface area contributed by atoms with Crippen LogP contribution in [0.2, 0.25) is 0 Å². The van der Waals surface area contributed by atoms with Crippen molar-refractivity contribution < 1.29 is 23.1 Å². The van der Waals surface area contributed by atoms with E-state index >= 15 is 0 Å². The number of aromatic amines is 1. The fourth-order valence-electron chi connectivity index (χ4n) is 3.57. The van der Waals surface area contributed by atoms with Crippen LogP contribution in [0.4, 0.5) is 24.8 Å². The van der Waals surface area contributed by atoms with Crippen LogP contribution in [0.3, 0.4) is 0 Å². The number of aromatic nitrogens is 3. The lowest BCUT2D eigenvalue weighted by Gasteiger charge is -2.16. The number of nitrogens with one attached hydrogen (secondary N) is 3. The molecule has 7 nitrogen and oxygen atoms in total. The van der Waals surface area contributed by atoms with E-state index in [1.807, 2.05) is 18.2 Å². The van der Waals surface area contributed by atoms with Gasteiger partial charge in [-0.1, -0.05) is 42.5 Å². The monoisotopic (exact) mass is 481 g/mol. The minimum absolute atomic E-state index is 0.0149. The normalized spacial score (nSPS) is 12.3. The summed E-state index contributed by atoms with van der Waals surface area (Å²) in [4.78, 5) is 24.1. The van der Waals surface area contributed by atoms with Gasteiger partial charge >= 0.3 is 6.18 Å². The van der Waals surface area contributed by atoms with Crippen molar-refractivity contribution in [3.63, 3.8) is 0 Å². The molecule has 180 valence electrons. The summed E-state index contributed by atoms with van der Waals surface area (Å²) in [6.45, 7) is 1.48. The van der Waals surface area contributed by atoms with E-state index in [4.69, 9.17) is 0 Å². The fraction of sp³-hybridized carbons (Fsp3) is 0.160. The van der Waals surface area contributed by atoms with Gasteiger partial charge in [0.25, 0.3) is 5.91 Å². The maximum absolute atomic E-state index is 13.3. The zero-order valence-electron chi connectivity index (χ0n) is 18.6. The van der Waals surface area contributed by atoms with E-state index in [-0.39, 0.29) is 23.9 Å². The van der Waals surface area contributed by atoms with Crippen molar-refractivity contribution in [1.29, 1.82) is 0 Å². The quantitative estimate of drug-likeness (QED) is 0.297. The zero-order valence-corrected chi connectivity index (χ0v) is 18.6. The smallest absolute Gasteiger partial charge is 0.394 e. The number of anilines is 2. The number of carbonyl (C=O) groups is 1. The van der Waals surface area contributed by atoms with Crippen LogP contribution in [0.25, 0.3) is 11.3 Å². The molecule has 0 radical (unpaired) electrons. The molecular formula is C25H22F3N5O2. The Morgan fingerprint density at radius 1 is 1.11 bits per heavy atom. The Morgan fingerprint density at radius 3 is 2.54 bits per heavy atom. The third kappa shape index (κ3) is 5.49. The molecule has 0 aliphatic carbocycles. The van der Waals surface area contributed by atoms with Crippen LogP contribution in [0.1, 0.15) is 33.2 Å². The van der Waals surface area contributed by atoms with Crippen LogP contribution in [0, 0.1) is 6.92 Å². The van der Waals surface area contributed by atoms with Crippen molar-refractivity contribution >= 4 is 17.5 Å². The Labute approximate surface area is 199 Å². The standard InChI is InChI=1S/C25H22F3N5O2/c1-15-12-30-24(32-19-10-6-5-9-18(19)25(26,27)28)33-22(15)17-11-20(29-13-17)23(35)31-21(14-34)16-7-3-2-4-8-16/h2-13,21,29,34H,14H2,1H3,(H,31,35)(H,30,32,33). The molecule has 0 aliphatic heterocycles. The molecule has 10 heteroatoms. The van der Waals surface area contributed by atoms with E-state index in [2.05, 4.69) is 25.6 Å². The second kappa shape index (κ2) is 9.98. The molecular weight excluding hydrogens is 459 g/mol. The lowest BCUT2D eigenvalue weighted by atomic mass is 10.1. The molecule has 0 fully saturated rings. The summed E-state index contributed by atoms with van der Waals surface area (Å²) in [5.74, 6) is -0.442. The topological polar surface area (TPSA) is 103 Å². The molecule has 0 aliphatic rings. The molecule has 0 spiro atoms. The summed E-state index contributed by atoms with van der Waals surface area (Å²) in [7, 11) is 0. The number of hydrogen-bond donors (Lipinski definition) is 4. The second-order valence-electron chi connectivity index (χ2n) is 7.81. The van der Waals surface area contributed by atoms with Gasteiger partial charge in [-0.2, -0.15) is 13.2 Å². The Kier molecular flexibility index (Phi) is 6.83. The molecule has 1 amide bonds. The molecule has 4 N–H and O–H groups in total. The van der Waals surface area contributed by atoms with Gasteiger partial charge in [-0.3, -0.25) is 4.79 Å². The minimum Gasteiger partial charge on any atom is -0.394 e. The van der Waals surface area contributed by atoms with E-state index in [1.165, 1.54) is 24.4 Å². The molecule has 1 unspecified atom stereocenters. The van der Waals surface area contributed by atoms with Crippen molar-refractivity contribution in [3.05, 3.63) is 95.4 Å². The predicted molar refractivity (Wildman–Crippen MR) is 125 cm³/mol. The maximum Gasteiger partial charge on any atom is 0.418 e. The highest BCUT2D eigenvalue weighted by Gasteiger charge is 2.33. The first-order valence-corrected chi connectivity index (χ1v) is 10.7. The number of halogens is 3. The highest BCUT2D eigenvalue weighted by molar-refractivity contribution is 5.94. The van der Waals surface area contributed by atoms with Gasteiger partial charge < -0.3 is 20.7 Å². The molecule has 4 aromatic rings. The minimum atomic E-state index is -4.54.